The molecule has 31 heavy (non-hydrogen) atoms. The minimum atomic E-state index is -0.674. The van der Waals surface area contributed by atoms with E-state index >= 15 is 0 Å². The van der Waals surface area contributed by atoms with Crippen molar-refractivity contribution >= 4 is 29.4 Å². The highest BCUT2D eigenvalue weighted by molar-refractivity contribution is 6.30. The van der Waals surface area contributed by atoms with Crippen LogP contribution in [0.3, 0.4) is 0 Å². The van der Waals surface area contributed by atoms with Crippen molar-refractivity contribution in [2.75, 3.05) is 25.1 Å². The van der Waals surface area contributed by atoms with Crippen molar-refractivity contribution in [2.45, 2.75) is 13.8 Å². The monoisotopic (exact) mass is 444 g/mol. The SMILES string of the molecule is CCOC(=O)c1c(-c2ccc(Cl)cc2)noc1NC(=O)COc1ccccc1OCC. The molecule has 0 fully saturated rings. The molecule has 1 aromatic heterocycles. The first-order valence-electron chi connectivity index (χ1n) is 9.60. The summed E-state index contributed by atoms with van der Waals surface area (Å²) in [4.78, 5) is 25.0. The fourth-order valence-corrected chi connectivity index (χ4v) is 2.85. The molecule has 0 bridgehead atoms. The third kappa shape index (κ3) is 5.55. The molecule has 3 aromatic rings. The van der Waals surface area contributed by atoms with E-state index in [1.807, 2.05) is 6.92 Å². The molecule has 8 nitrogen and oxygen atoms in total. The highest BCUT2D eigenvalue weighted by Gasteiger charge is 2.26. The van der Waals surface area contributed by atoms with Crippen molar-refractivity contribution in [3.8, 4) is 22.8 Å². The number of benzene rings is 2. The number of nitrogens with one attached hydrogen (secondary N) is 1. The zero-order chi connectivity index (χ0) is 22.2. The molecule has 0 saturated carbocycles. The van der Waals surface area contributed by atoms with Crippen LogP contribution in [0.15, 0.2) is 53.1 Å². The lowest BCUT2D eigenvalue weighted by Gasteiger charge is -2.11. The number of ether oxygens (including phenoxy) is 3. The number of halogens is 1. The second kappa shape index (κ2) is 10.5. The van der Waals surface area contributed by atoms with E-state index in [1.54, 1.807) is 55.5 Å². The number of carbonyl (C=O) groups excluding carboxylic acids is 2. The number of anilines is 1. The smallest absolute Gasteiger partial charge is 0.346 e. The Labute approximate surface area is 184 Å². The Morgan fingerprint density at radius 3 is 2.32 bits per heavy atom. The fraction of sp³-hybridized carbons (Fsp3) is 0.227. The molecule has 0 saturated heterocycles. The van der Waals surface area contributed by atoms with Crippen LogP contribution in [0.4, 0.5) is 5.88 Å². The molecule has 0 aliphatic rings. The van der Waals surface area contributed by atoms with E-state index in [0.717, 1.165) is 0 Å². The van der Waals surface area contributed by atoms with Crippen molar-refractivity contribution in [1.29, 1.82) is 0 Å². The molecule has 0 spiro atoms. The standard InChI is InChI=1S/C22H21ClN2O6/c1-3-28-16-7-5-6-8-17(16)30-13-18(26)24-21-19(22(27)29-4-2)20(25-31-21)14-9-11-15(23)12-10-14/h5-12H,3-4,13H2,1-2H3,(H,24,26). The summed E-state index contributed by atoms with van der Waals surface area (Å²) in [5.74, 6) is -0.406. The number of aromatic nitrogens is 1. The summed E-state index contributed by atoms with van der Waals surface area (Å²) in [5, 5.41) is 6.98. The Hall–Kier alpha value is -3.52. The number of rotatable bonds is 9. The summed E-state index contributed by atoms with van der Waals surface area (Å²) in [6, 6.07) is 13.7. The predicted octanol–water partition coefficient (Wildman–Crippen LogP) is 4.59. The van der Waals surface area contributed by atoms with Gasteiger partial charge < -0.3 is 18.7 Å². The average Bonchev–Trinajstić information content (AvgIpc) is 3.17. The molecule has 1 heterocycles. The van der Waals surface area contributed by atoms with Gasteiger partial charge in [-0.05, 0) is 38.1 Å². The first-order chi connectivity index (χ1) is 15.0. The van der Waals surface area contributed by atoms with Gasteiger partial charge in [0.2, 0.25) is 5.88 Å². The van der Waals surface area contributed by atoms with Gasteiger partial charge in [0.05, 0.1) is 13.2 Å². The predicted molar refractivity (Wildman–Crippen MR) is 115 cm³/mol. The highest BCUT2D eigenvalue weighted by atomic mass is 35.5. The molecule has 0 atom stereocenters. The van der Waals surface area contributed by atoms with Crippen LogP contribution >= 0.6 is 11.6 Å². The Bertz CT molecular complexity index is 1050. The van der Waals surface area contributed by atoms with E-state index in [-0.39, 0.29) is 30.4 Å². The number of hydrogen-bond donors (Lipinski definition) is 1. The largest absolute Gasteiger partial charge is 0.490 e. The summed E-state index contributed by atoms with van der Waals surface area (Å²) >= 11 is 5.93. The van der Waals surface area contributed by atoms with Crippen LogP contribution in [0.1, 0.15) is 24.2 Å². The number of carbonyl (C=O) groups is 2. The number of amides is 1. The van der Waals surface area contributed by atoms with Crippen LogP contribution in [-0.4, -0.2) is 36.9 Å². The molecule has 0 unspecified atom stereocenters. The fourth-order valence-electron chi connectivity index (χ4n) is 2.72. The number of esters is 1. The summed E-state index contributed by atoms with van der Waals surface area (Å²) in [6.07, 6.45) is 0. The molecule has 162 valence electrons. The minimum absolute atomic E-state index is 0.00670. The number of nitrogens with zero attached hydrogens (tertiary/aromatic N) is 1. The Balaban J connectivity index is 1.78. The molecule has 0 aliphatic carbocycles. The van der Waals surface area contributed by atoms with E-state index in [9.17, 15) is 9.59 Å². The van der Waals surface area contributed by atoms with E-state index in [1.165, 1.54) is 0 Å². The topological polar surface area (TPSA) is 99.9 Å². The summed E-state index contributed by atoms with van der Waals surface area (Å²) in [7, 11) is 0. The average molecular weight is 445 g/mol. The third-order valence-corrected chi connectivity index (χ3v) is 4.30. The van der Waals surface area contributed by atoms with Gasteiger partial charge >= 0.3 is 5.97 Å². The van der Waals surface area contributed by atoms with Crippen molar-refractivity contribution in [3.63, 3.8) is 0 Å². The van der Waals surface area contributed by atoms with Gasteiger partial charge in [0.25, 0.3) is 5.91 Å². The Morgan fingerprint density at radius 2 is 1.68 bits per heavy atom. The zero-order valence-electron chi connectivity index (χ0n) is 17.0. The van der Waals surface area contributed by atoms with Crippen molar-refractivity contribution in [1.82, 2.24) is 5.16 Å². The lowest BCUT2D eigenvalue weighted by molar-refractivity contribution is -0.118. The first-order valence-corrected chi connectivity index (χ1v) is 9.98. The molecule has 1 amide bonds. The van der Waals surface area contributed by atoms with E-state index in [4.69, 9.17) is 30.3 Å². The molecule has 3 rings (SSSR count). The summed E-state index contributed by atoms with van der Waals surface area (Å²) < 4.78 is 21.4. The lowest BCUT2D eigenvalue weighted by atomic mass is 10.1. The van der Waals surface area contributed by atoms with Gasteiger partial charge in [-0.1, -0.05) is 41.0 Å². The van der Waals surface area contributed by atoms with Crippen molar-refractivity contribution in [2.24, 2.45) is 0 Å². The normalized spacial score (nSPS) is 10.4. The van der Waals surface area contributed by atoms with E-state index in [2.05, 4.69) is 10.5 Å². The Kier molecular flexibility index (Phi) is 7.50. The van der Waals surface area contributed by atoms with Gasteiger partial charge in [-0.3, -0.25) is 10.1 Å². The van der Waals surface area contributed by atoms with Gasteiger partial charge in [0.15, 0.2) is 23.7 Å². The van der Waals surface area contributed by atoms with Crippen molar-refractivity contribution < 1.29 is 28.3 Å². The van der Waals surface area contributed by atoms with Crippen LogP contribution in [0, 0.1) is 0 Å². The Morgan fingerprint density at radius 1 is 1.00 bits per heavy atom. The lowest BCUT2D eigenvalue weighted by Crippen LogP contribution is -2.21. The maximum atomic E-state index is 12.5. The number of para-hydroxylation sites is 2. The quantitative estimate of drug-likeness (QED) is 0.482. The molecule has 0 aliphatic heterocycles. The zero-order valence-corrected chi connectivity index (χ0v) is 17.8. The molecular weight excluding hydrogens is 424 g/mol. The summed E-state index contributed by atoms with van der Waals surface area (Å²) in [5.41, 5.74) is 0.818. The third-order valence-electron chi connectivity index (χ3n) is 4.05. The molecule has 1 N–H and O–H groups in total. The van der Waals surface area contributed by atoms with Crippen LogP contribution < -0.4 is 14.8 Å². The van der Waals surface area contributed by atoms with E-state index in [0.29, 0.717) is 28.7 Å². The van der Waals surface area contributed by atoms with Gasteiger partial charge in [-0.2, -0.15) is 0 Å². The second-order valence-corrected chi connectivity index (χ2v) is 6.62. The molecule has 0 radical (unpaired) electrons. The minimum Gasteiger partial charge on any atom is -0.490 e. The molecule has 9 heteroatoms. The number of hydrogen-bond acceptors (Lipinski definition) is 7. The summed E-state index contributed by atoms with van der Waals surface area (Å²) in [6.45, 7) is 3.80. The molecular formula is C22H21ClN2O6. The van der Waals surface area contributed by atoms with Gasteiger partial charge in [0, 0.05) is 10.6 Å². The molecule has 2 aromatic carbocycles. The van der Waals surface area contributed by atoms with Crippen LogP contribution in [0.25, 0.3) is 11.3 Å². The van der Waals surface area contributed by atoms with Crippen LogP contribution in [-0.2, 0) is 9.53 Å². The van der Waals surface area contributed by atoms with Gasteiger partial charge in [-0.15, -0.1) is 0 Å². The highest BCUT2D eigenvalue weighted by Crippen LogP contribution is 2.31. The van der Waals surface area contributed by atoms with Gasteiger partial charge in [-0.25, -0.2) is 4.79 Å². The van der Waals surface area contributed by atoms with Crippen molar-refractivity contribution in [3.05, 3.63) is 59.1 Å². The van der Waals surface area contributed by atoms with E-state index < -0.39 is 11.9 Å². The van der Waals surface area contributed by atoms with Crippen LogP contribution in [0.2, 0.25) is 5.02 Å². The van der Waals surface area contributed by atoms with Crippen LogP contribution in [0.5, 0.6) is 11.5 Å². The first kappa shape index (κ1) is 22.2. The maximum Gasteiger partial charge on any atom is 0.346 e. The maximum absolute atomic E-state index is 12.5. The van der Waals surface area contributed by atoms with Gasteiger partial charge in [0.1, 0.15) is 5.69 Å². The second-order valence-electron chi connectivity index (χ2n) is 6.18.